The summed E-state index contributed by atoms with van der Waals surface area (Å²) in [6.07, 6.45) is 0. The minimum Gasteiger partial charge on any atom is -0.343 e. The summed E-state index contributed by atoms with van der Waals surface area (Å²) in [5, 5.41) is 1.62. The molecule has 0 aliphatic heterocycles. The highest BCUT2D eigenvalue weighted by Gasteiger charge is 2.09. The van der Waals surface area contributed by atoms with Crippen molar-refractivity contribution in [1.29, 1.82) is 0 Å². The monoisotopic (exact) mass is 223 g/mol. The first-order valence-electron chi connectivity index (χ1n) is 5.67. The molecule has 0 spiro atoms. The normalized spacial score (nSPS) is 11.2. The SMILES string of the molecule is Cc1cccc2c1c(=O)c1ccccc1n2C. The molecule has 3 rings (SSSR count). The Bertz CT molecular complexity index is 784. The van der Waals surface area contributed by atoms with Crippen LogP contribution in [0, 0.1) is 6.92 Å². The van der Waals surface area contributed by atoms with Gasteiger partial charge in [0.05, 0.1) is 11.0 Å². The molecular weight excluding hydrogens is 210 g/mol. The molecule has 0 saturated carbocycles. The second kappa shape index (κ2) is 3.45. The van der Waals surface area contributed by atoms with Crippen LogP contribution in [0.25, 0.3) is 21.8 Å². The predicted octanol–water partition coefficient (Wildman–Crippen LogP) is 3.00. The van der Waals surface area contributed by atoms with Crippen molar-refractivity contribution >= 4 is 21.8 Å². The maximum Gasteiger partial charge on any atom is 0.197 e. The van der Waals surface area contributed by atoms with Crippen LogP contribution in [0.1, 0.15) is 5.56 Å². The third-order valence-electron chi connectivity index (χ3n) is 3.35. The fraction of sp³-hybridized carbons (Fsp3) is 0.133. The van der Waals surface area contributed by atoms with Crippen molar-refractivity contribution in [3.05, 3.63) is 58.3 Å². The second-order valence-corrected chi connectivity index (χ2v) is 4.37. The summed E-state index contributed by atoms with van der Waals surface area (Å²) in [4.78, 5) is 12.4. The van der Waals surface area contributed by atoms with Crippen LogP contribution in [-0.4, -0.2) is 4.57 Å². The maximum absolute atomic E-state index is 12.4. The highest BCUT2D eigenvalue weighted by molar-refractivity contribution is 5.94. The topological polar surface area (TPSA) is 22.0 Å². The summed E-state index contributed by atoms with van der Waals surface area (Å²) in [5.74, 6) is 0. The van der Waals surface area contributed by atoms with Crippen molar-refractivity contribution in [2.24, 2.45) is 7.05 Å². The number of fused-ring (bicyclic) bond motifs is 2. The number of aryl methyl sites for hydroxylation is 2. The minimum atomic E-state index is 0.131. The van der Waals surface area contributed by atoms with Crippen molar-refractivity contribution in [2.75, 3.05) is 0 Å². The number of benzene rings is 2. The third kappa shape index (κ3) is 1.30. The van der Waals surface area contributed by atoms with Gasteiger partial charge in [0, 0.05) is 17.8 Å². The maximum atomic E-state index is 12.4. The molecule has 0 aliphatic rings. The zero-order chi connectivity index (χ0) is 12.0. The molecule has 0 bridgehead atoms. The van der Waals surface area contributed by atoms with Crippen LogP contribution in [0.3, 0.4) is 0 Å². The molecule has 0 fully saturated rings. The van der Waals surface area contributed by atoms with E-state index in [4.69, 9.17) is 0 Å². The van der Waals surface area contributed by atoms with Crippen LogP contribution < -0.4 is 5.43 Å². The Morgan fingerprint density at radius 1 is 0.941 bits per heavy atom. The van der Waals surface area contributed by atoms with Gasteiger partial charge in [0.2, 0.25) is 0 Å². The molecule has 1 heterocycles. The van der Waals surface area contributed by atoms with Crippen molar-refractivity contribution in [3.8, 4) is 0 Å². The molecule has 0 unspecified atom stereocenters. The fourth-order valence-electron chi connectivity index (χ4n) is 2.45. The molecule has 84 valence electrons. The van der Waals surface area contributed by atoms with Crippen LogP contribution in [0.5, 0.6) is 0 Å². The van der Waals surface area contributed by atoms with E-state index in [2.05, 4.69) is 4.57 Å². The smallest absolute Gasteiger partial charge is 0.197 e. The molecule has 2 heteroatoms. The quantitative estimate of drug-likeness (QED) is 0.537. The van der Waals surface area contributed by atoms with Gasteiger partial charge in [-0.05, 0) is 30.7 Å². The number of aromatic nitrogens is 1. The Morgan fingerprint density at radius 2 is 1.65 bits per heavy atom. The van der Waals surface area contributed by atoms with Crippen molar-refractivity contribution in [1.82, 2.24) is 4.57 Å². The summed E-state index contributed by atoms with van der Waals surface area (Å²) in [6, 6.07) is 13.7. The molecule has 1 aromatic heterocycles. The molecule has 0 saturated heterocycles. The van der Waals surface area contributed by atoms with Gasteiger partial charge in [-0.15, -0.1) is 0 Å². The summed E-state index contributed by atoms with van der Waals surface area (Å²) < 4.78 is 2.08. The Morgan fingerprint density at radius 3 is 2.47 bits per heavy atom. The van der Waals surface area contributed by atoms with Crippen LogP contribution in [-0.2, 0) is 7.05 Å². The first-order valence-corrected chi connectivity index (χ1v) is 5.67. The Hall–Kier alpha value is -2.09. The summed E-state index contributed by atoms with van der Waals surface area (Å²) in [6.45, 7) is 1.98. The van der Waals surface area contributed by atoms with Crippen LogP contribution in [0.4, 0.5) is 0 Å². The van der Waals surface area contributed by atoms with Gasteiger partial charge in [0.1, 0.15) is 0 Å². The van der Waals surface area contributed by atoms with Gasteiger partial charge in [-0.3, -0.25) is 4.79 Å². The fourth-order valence-corrected chi connectivity index (χ4v) is 2.45. The number of hydrogen-bond acceptors (Lipinski definition) is 1. The Kier molecular flexibility index (Phi) is 2.05. The standard InChI is InChI=1S/C15H13NO/c1-10-6-5-9-13-14(10)15(17)11-7-3-4-8-12(11)16(13)2/h3-9H,1-2H3. The number of hydrogen-bond donors (Lipinski definition) is 0. The van der Waals surface area contributed by atoms with E-state index in [1.807, 2.05) is 56.4 Å². The second-order valence-electron chi connectivity index (χ2n) is 4.37. The molecule has 2 nitrogen and oxygen atoms in total. The largest absolute Gasteiger partial charge is 0.343 e. The highest BCUT2D eigenvalue weighted by atomic mass is 16.1. The van der Waals surface area contributed by atoms with E-state index in [1.165, 1.54) is 0 Å². The van der Waals surface area contributed by atoms with Crippen LogP contribution in [0.15, 0.2) is 47.3 Å². The minimum absolute atomic E-state index is 0.131. The average molecular weight is 223 g/mol. The summed E-state index contributed by atoms with van der Waals surface area (Å²) in [5.41, 5.74) is 3.14. The van der Waals surface area contributed by atoms with Gasteiger partial charge in [0.15, 0.2) is 5.43 Å². The number of nitrogens with zero attached hydrogens (tertiary/aromatic N) is 1. The average Bonchev–Trinajstić information content (AvgIpc) is 2.36. The van der Waals surface area contributed by atoms with Gasteiger partial charge in [-0.2, -0.15) is 0 Å². The molecular formula is C15H13NO. The van der Waals surface area contributed by atoms with Crippen molar-refractivity contribution in [3.63, 3.8) is 0 Å². The third-order valence-corrected chi connectivity index (χ3v) is 3.35. The molecule has 17 heavy (non-hydrogen) atoms. The van der Waals surface area contributed by atoms with Gasteiger partial charge in [0.25, 0.3) is 0 Å². The van der Waals surface area contributed by atoms with Gasteiger partial charge < -0.3 is 4.57 Å². The highest BCUT2D eigenvalue weighted by Crippen LogP contribution is 2.19. The summed E-state index contributed by atoms with van der Waals surface area (Å²) in [7, 11) is 2.00. The zero-order valence-corrected chi connectivity index (χ0v) is 9.90. The van der Waals surface area contributed by atoms with E-state index in [9.17, 15) is 4.79 Å². The first-order chi connectivity index (χ1) is 8.20. The molecule has 2 aromatic carbocycles. The summed E-state index contributed by atoms with van der Waals surface area (Å²) >= 11 is 0. The lowest BCUT2D eigenvalue weighted by molar-refractivity contribution is 1.00. The Balaban J connectivity index is 2.74. The number of rotatable bonds is 0. The molecule has 0 aliphatic carbocycles. The molecule has 0 amide bonds. The van der Waals surface area contributed by atoms with Gasteiger partial charge in [-0.25, -0.2) is 0 Å². The number of para-hydroxylation sites is 1. The van der Waals surface area contributed by atoms with E-state index >= 15 is 0 Å². The molecule has 0 N–H and O–H groups in total. The molecule has 0 radical (unpaired) electrons. The Labute approximate surface area is 99.1 Å². The van der Waals surface area contributed by atoms with Crippen molar-refractivity contribution in [2.45, 2.75) is 6.92 Å². The van der Waals surface area contributed by atoms with Crippen molar-refractivity contribution < 1.29 is 0 Å². The van der Waals surface area contributed by atoms with Gasteiger partial charge >= 0.3 is 0 Å². The van der Waals surface area contributed by atoms with E-state index in [-0.39, 0.29) is 5.43 Å². The number of pyridine rings is 1. The van der Waals surface area contributed by atoms with E-state index in [0.717, 1.165) is 27.4 Å². The predicted molar refractivity (Wildman–Crippen MR) is 71.4 cm³/mol. The van der Waals surface area contributed by atoms with Gasteiger partial charge in [-0.1, -0.05) is 24.3 Å². The lowest BCUT2D eigenvalue weighted by atomic mass is 10.1. The van der Waals surface area contributed by atoms with Crippen LogP contribution in [0.2, 0.25) is 0 Å². The molecule has 0 atom stereocenters. The van der Waals surface area contributed by atoms with E-state index in [1.54, 1.807) is 0 Å². The first kappa shape index (κ1) is 10.1. The lowest BCUT2D eigenvalue weighted by Gasteiger charge is -2.11. The zero-order valence-electron chi connectivity index (χ0n) is 9.90. The lowest BCUT2D eigenvalue weighted by Crippen LogP contribution is -2.10. The van der Waals surface area contributed by atoms with Crippen LogP contribution >= 0.6 is 0 Å². The molecule has 3 aromatic rings. The van der Waals surface area contributed by atoms with E-state index < -0.39 is 0 Å². The van der Waals surface area contributed by atoms with E-state index in [0.29, 0.717) is 0 Å².